The van der Waals surface area contributed by atoms with Crippen molar-refractivity contribution in [2.75, 3.05) is 17.7 Å². The summed E-state index contributed by atoms with van der Waals surface area (Å²) in [6, 6.07) is 18.0. The van der Waals surface area contributed by atoms with Crippen LogP contribution in [0, 0.1) is 13.8 Å². The molecule has 0 amide bonds. The predicted molar refractivity (Wildman–Crippen MR) is 102 cm³/mol. The summed E-state index contributed by atoms with van der Waals surface area (Å²) in [5.74, 6) is 2.09. The third-order valence-electron chi connectivity index (χ3n) is 3.76. The fourth-order valence-corrected chi connectivity index (χ4v) is 2.60. The number of hydrogen-bond acceptors (Lipinski definition) is 5. The number of nitrogens with zero attached hydrogens (tertiary/aromatic N) is 2. The van der Waals surface area contributed by atoms with Gasteiger partial charge in [-0.15, -0.1) is 0 Å². The Morgan fingerprint density at radius 3 is 2.60 bits per heavy atom. The number of ether oxygens (including phenoxy) is 1. The summed E-state index contributed by atoms with van der Waals surface area (Å²) in [5, 5.41) is 6.59. The Balaban J connectivity index is 1.76. The van der Waals surface area contributed by atoms with Crippen molar-refractivity contribution in [1.29, 1.82) is 0 Å². The maximum Gasteiger partial charge on any atom is 0.225 e. The molecule has 0 aliphatic heterocycles. The maximum atomic E-state index is 5.37. The molecule has 5 nitrogen and oxygen atoms in total. The van der Waals surface area contributed by atoms with Crippen LogP contribution in [-0.2, 0) is 6.54 Å². The molecule has 0 saturated carbocycles. The molecule has 0 saturated heterocycles. The van der Waals surface area contributed by atoms with Crippen LogP contribution in [0.1, 0.15) is 16.8 Å². The van der Waals surface area contributed by atoms with Crippen molar-refractivity contribution in [2.45, 2.75) is 20.4 Å². The van der Waals surface area contributed by atoms with Crippen molar-refractivity contribution in [3.8, 4) is 5.75 Å². The van der Waals surface area contributed by atoms with Gasteiger partial charge in [0.25, 0.3) is 0 Å². The number of anilines is 3. The van der Waals surface area contributed by atoms with Gasteiger partial charge in [0.05, 0.1) is 12.8 Å². The van der Waals surface area contributed by atoms with E-state index in [9.17, 15) is 0 Å². The van der Waals surface area contributed by atoms with Gasteiger partial charge in [-0.25, -0.2) is 4.98 Å². The van der Waals surface area contributed by atoms with Crippen LogP contribution < -0.4 is 15.4 Å². The van der Waals surface area contributed by atoms with Crippen molar-refractivity contribution >= 4 is 17.5 Å². The van der Waals surface area contributed by atoms with Crippen LogP contribution in [0.4, 0.5) is 17.5 Å². The summed E-state index contributed by atoms with van der Waals surface area (Å²) in [6.07, 6.45) is 0. The van der Waals surface area contributed by atoms with Gasteiger partial charge in [0.1, 0.15) is 11.6 Å². The van der Waals surface area contributed by atoms with E-state index in [0.717, 1.165) is 22.9 Å². The van der Waals surface area contributed by atoms with Gasteiger partial charge >= 0.3 is 0 Å². The van der Waals surface area contributed by atoms with Gasteiger partial charge in [0, 0.05) is 18.3 Å². The summed E-state index contributed by atoms with van der Waals surface area (Å²) < 4.78 is 5.37. The minimum Gasteiger partial charge on any atom is -0.495 e. The Labute approximate surface area is 148 Å². The number of hydrogen-bond donors (Lipinski definition) is 2. The van der Waals surface area contributed by atoms with Crippen molar-refractivity contribution in [3.05, 3.63) is 71.4 Å². The SMILES string of the molecule is COc1ccccc1Nc1cc(C)nc(NCc2cccc(C)c2)n1. The highest BCUT2D eigenvalue weighted by Gasteiger charge is 2.06. The first-order chi connectivity index (χ1) is 12.1. The molecular weight excluding hydrogens is 312 g/mol. The lowest BCUT2D eigenvalue weighted by atomic mass is 10.1. The van der Waals surface area contributed by atoms with E-state index in [2.05, 4.69) is 51.8 Å². The van der Waals surface area contributed by atoms with Crippen molar-refractivity contribution in [2.24, 2.45) is 0 Å². The smallest absolute Gasteiger partial charge is 0.225 e. The number of aryl methyl sites for hydroxylation is 2. The lowest BCUT2D eigenvalue weighted by molar-refractivity contribution is 0.417. The first kappa shape index (κ1) is 16.8. The Bertz CT molecular complexity index is 864. The average molecular weight is 334 g/mol. The maximum absolute atomic E-state index is 5.37. The molecular formula is C20H22N4O. The molecule has 1 heterocycles. The number of para-hydroxylation sites is 2. The molecule has 0 bridgehead atoms. The molecule has 25 heavy (non-hydrogen) atoms. The van der Waals surface area contributed by atoms with Gasteiger partial charge in [-0.2, -0.15) is 4.98 Å². The van der Waals surface area contributed by atoms with E-state index in [4.69, 9.17) is 4.74 Å². The molecule has 0 fully saturated rings. The van der Waals surface area contributed by atoms with Gasteiger partial charge in [-0.1, -0.05) is 42.0 Å². The minimum atomic E-state index is 0.596. The molecule has 0 atom stereocenters. The largest absolute Gasteiger partial charge is 0.495 e. The van der Waals surface area contributed by atoms with Crippen LogP contribution in [0.3, 0.4) is 0 Å². The van der Waals surface area contributed by atoms with E-state index in [1.807, 2.05) is 37.3 Å². The molecule has 1 aromatic heterocycles. The average Bonchev–Trinajstić information content (AvgIpc) is 2.60. The molecule has 0 radical (unpaired) electrons. The molecule has 2 aromatic carbocycles. The molecule has 2 N–H and O–H groups in total. The lowest BCUT2D eigenvalue weighted by Crippen LogP contribution is -2.06. The summed E-state index contributed by atoms with van der Waals surface area (Å²) in [5.41, 5.74) is 4.19. The fraction of sp³-hybridized carbons (Fsp3) is 0.200. The Morgan fingerprint density at radius 2 is 1.80 bits per heavy atom. The molecule has 5 heteroatoms. The first-order valence-electron chi connectivity index (χ1n) is 8.19. The topological polar surface area (TPSA) is 59.1 Å². The minimum absolute atomic E-state index is 0.596. The number of rotatable bonds is 6. The number of aromatic nitrogens is 2. The number of nitrogens with one attached hydrogen (secondary N) is 2. The molecule has 0 aliphatic carbocycles. The second kappa shape index (κ2) is 7.66. The zero-order valence-electron chi connectivity index (χ0n) is 14.7. The third-order valence-corrected chi connectivity index (χ3v) is 3.76. The van der Waals surface area contributed by atoms with E-state index < -0.39 is 0 Å². The second-order valence-corrected chi connectivity index (χ2v) is 5.89. The standard InChI is InChI=1S/C20H22N4O/c1-14-7-6-8-16(11-14)13-21-20-22-15(2)12-19(24-20)23-17-9-4-5-10-18(17)25-3/h4-12H,13H2,1-3H3,(H2,21,22,23,24). The molecule has 0 unspecified atom stereocenters. The first-order valence-corrected chi connectivity index (χ1v) is 8.19. The summed E-state index contributed by atoms with van der Waals surface area (Å²) >= 11 is 0. The van der Waals surface area contributed by atoms with Crippen LogP contribution in [0.25, 0.3) is 0 Å². The van der Waals surface area contributed by atoms with Gasteiger partial charge < -0.3 is 15.4 Å². The quantitative estimate of drug-likeness (QED) is 0.697. The zero-order valence-corrected chi connectivity index (χ0v) is 14.7. The van der Waals surface area contributed by atoms with Gasteiger partial charge in [0.2, 0.25) is 5.95 Å². The Hall–Kier alpha value is -3.08. The highest BCUT2D eigenvalue weighted by atomic mass is 16.5. The van der Waals surface area contributed by atoms with Gasteiger partial charge in [-0.3, -0.25) is 0 Å². The second-order valence-electron chi connectivity index (χ2n) is 5.89. The highest BCUT2D eigenvalue weighted by molar-refractivity contribution is 5.64. The summed E-state index contributed by atoms with van der Waals surface area (Å²) in [6.45, 7) is 4.72. The fourth-order valence-electron chi connectivity index (χ4n) is 2.60. The molecule has 0 aliphatic rings. The summed E-state index contributed by atoms with van der Waals surface area (Å²) in [7, 11) is 1.65. The normalized spacial score (nSPS) is 10.4. The molecule has 128 valence electrons. The van der Waals surface area contributed by atoms with Crippen molar-refractivity contribution in [3.63, 3.8) is 0 Å². The molecule has 0 spiro atoms. The zero-order chi connectivity index (χ0) is 17.6. The van der Waals surface area contributed by atoms with Crippen LogP contribution in [0.2, 0.25) is 0 Å². The highest BCUT2D eigenvalue weighted by Crippen LogP contribution is 2.26. The van der Waals surface area contributed by atoms with Gasteiger partial charge in [0.15, 0.2) is 0 Å². The third kappa shape index (κ3) is 4.47. The molecule has 3 rings (SSSR count). The monoisotopic (exact) mass is 334 g/mol. The van der Waals surface area contributed by atoms with Crippen LogP contribution >= 0.6 is 0 Å². The van der Waals surface area contributed by atoms with Crippen LogP contribution in [-0.4, -0.2) is 17.1 Å². The van der Waals surface area contributed by atoms with E-state index >= 15 is 0 Å². The van der Waals surface area contributed by atoms with Crippen molar-refractivity contribution < 1.29 is 4.74 Å². The van der Waals surface area contributed by atoms with E-state index in [0.29, 0.717) is 12.5 Å². The lowest BCUT2D eigenvalue weighted by Gasteiger charge is -2.12. The van der Waals surface area contributed by atoms with E-state index in [1.165, 1.54) is 11.1 Å². The number of benzene rings is 2. The van der Waals surface area contributed by atoms with E-state index in [1.54, 1.807) is 7.11 Å². The van der Waals surface area contributed by atoms with Crippen LogP contribution in [0.15, 0.2) is 54.6 Å². The van der Waals surface area contributed by atoms with Gasteiger partial charge in [-0.05, 0) is 31.5 Å². The van der Waals surface area contributed by atoms with E-state index in [-0.39, 0.29) is 0 Å². The number of methoxy groups -OCH3 is 1. The molecule has 3 aromatic rings. The van der Waals surface area contributed by atoms with Crippen LogP contribution in [0.5, 0.6) is 5.75 Å². The van der Waals surface area contributed by atoms with Crippen molar-refractivity contribution in [1.82, 2.24) is 9.97 Å². The Kier molecular flexibility index (Phi) is 5.14. The predicted octanol–water partition coefficient (Wildman–Crippen LogP) is 4.46. The summed E-state index contributed by atoms with van der Waals surface area (Å²) in [4.78, 5) is 9.01. The Morgan fingerprint density at radius 1 is 0.960 bits per heavy atom.